The number of hydrogen-bond donors (Lipinski definition) is 1. The largest absolute Gasteiger partial charge is 0.497 e. The van der Waals surface area contributed by atoms with E-state index in [1.165, 1.54) is 42.3 Å². The molecule has 1 unspecified atom stereocenters. The van der Waals surface area contributed by atoms with Crippen molar-refractivity contribution in [2.75, 3.05) is 24.5 Å². The van der Waals surface area contributed by atoms with Crippen LogP contribution in [0.15, 0.2) is 114 Å². The summed E-state index contributed by atoms with van der Waals surface area (Å²) in [6, 6.07) is 28.3. The molecule has 0 heterocycles. The Morgan fingerprint density at radius 1 is 0.867 bits per heavy atom. The zero-order valence-electron chi connectivity index (χ0n) is 25.4. The van der Waals surface area contributed by atoms with Gasteiger partial charge in [-0.05, 0) is 53.9 Å². The van der Waals surface area contributed by atoms with Crippen LogP contribution in [0.5, 0.6) is 5.75 Å². The highest BCUT2D eigenvalue weighted by Gasteiger charge is 2.35. The Balaban J connectivity index is 1.80. The van der Waals surface area contributed by atoms with Crippen LogP contribution in [-0.4, -0.2) is 51.4 Å². The van der Waals surface area contributed by atoms with Gasteiger partial charge in [-0.15, -0.1) is 0 Å². The average Bonchev–Trinajstić information content (AvgIpc) is 3.06. The Morgan fingerprint density at radius 3 is 2.18 bits per heavy atom. The third-order valence-electron chi connectivity index (χ3n) is 7.32. The molecule has 0 radical (unpaired) electrons. The number of halogens is 1. The minimum Gasteiger partial charge on any atom is -0.497 e. The highest BCUT2D eigenvalue weighted by Crippen LogP contribution is 2.27. The third-order valence-corrected chi connectivity index (χ3v) is 9.09. The van der Waals surface area contributed by atoms with Crippen molar-refractivity contribution in [2.24, 2.45) is 0 Å². The van der Waals surface area contributed by atoms with E-state index in [1.807, 2.05) is 37.3 Å². The lowest BCUT2D eigenvalue weighted by atomic mass is 10.0. The maximum Gasteiger partial charge on any atom is 0.264 e. The number of amides is 2. The molecular formula is C35H38FN3O5S. The minimum atomic E-state index is -4.39. The number of ether oxygens (including phenoxy) is 1. The van der Waals surface area contributed by atoms with E-state index in [0.29, 0.717) is 17.9 Å². The second-order valence-corrected chi connectivity index (χ2v) is 12.4. The van der Waals surface area contributed by atoms with E-state index in [0.717, 1.165) is 28.8 Å². The third kappa shape index (κ3) is 8.69. The molecule has 4 aromatic rings. The quantitative estimate of drug-likeness (QED) is 0.173. The normalized spacial score (nSPS) is 11.8. The molecule has 0 saturated heterocycles. The summed E-state index contributed by atoms with van der Waals surface area (Å²) in [7, 11) is -2.86. The van der Waals surface area contributed by atoms with Gasteiger partial charge >= 0.3 is 0 Å². The topological polar surface area (TPSA) is 96.0 Å². The van der Waals surface area contributed by atoms with Crippen LogP contribution in [0.2, 0.25) is 0 Å². The Hall–Kier alpha value is -4.70. The average molecular weight is 632 g/mol. The molecule has 0 fully saturated rings. The molecule has 236 valence electrons. The van der Waals surface area contributed by atoms with Crippen LogP contribution in [0.1, 0.15) is 30.9 Å². The van der Waals surface area contributed by atoms with Crippen molar-refractivity contribution in [3.63, 3.8) is 0 Å². The van der Waals surface area contributed by atoms with Crippen LogP contribution in [-0.2, 0) is 32.6 Å². The fourth-order valence-electron chi connectivity index (χ4n) is 4.91. The highest BCUT2D eigenvalue weighted by atomic mass is 32.2. The van der Waals surface area contributed by atoms with Crippen molar-refractivity contribution < 1.29 is 27.1 Å². The van der Waals surface area contributed by atoms with Crippen molar-refractivity contribution in [1.29, 1.82) is 0 Å². The summed E-state index contributed by atoms with van der Waals surface area (Å²) < 4.78 is 49.3. The van der Waals surface area contributed by atoms with Crippen LogP contribution in [0.3, 0.4) is 0 Å². The monoisotopic (exact) mass is 631 g/mol. The standard InChI is InChI=1S/C35H38FN3O5S/c1-3-4-22-37-35(41)33(24-27-14-7-5-8-15-27)38(25-28-16-13-17-29(23-28)44-2)34(40)26-39(32-21-12-11-20-31(32)36)45(42,43)30-18-9-6-10-19-30/h5-21,23,33H,3-4,22,24-26H2,1-2H3,(H,37,41). The molecule has 0 bridgehead atoms. The molecule has 0 aliphatic carbocycles. The van der Waals surface area contributed by atoms with Gasteiger partial charge in [-0.3, -0.25) is 13.9 Å². The zero-order chi connectivity index (χ0) is 32.2. The van der Waals surface area contributed by atoms with Crippen LogP contribution in [0.4, 0.5) is 10.1 Å². The zero-order valence-corrected chi connectivity index (χ0v) is 26.3. The number of anilines is 1. The van der Waals surface area contributed by atoms with E-state index in [4.69, 9.17) is 4.74 Å². The summed E-state index contributed by atoms with van der Waals surface area (Å²) in [5.41, 5.74) is 1.22. The summed E-state index contributed by atoms with van der Waals surface area (Å²) in [5, 5.41) is 2.95. The Labute approximate surface area is 264 Å². The van der Waals surface area contributed by atoms with Gasteiger partial charge in [0.15, 0.2) is 0 Å². The number of sulfonamides is 1. The van der Waals surface area contributed by atoms with Crippen LogP contribution < -0.4 is 14.4 Å². The fourth-order valence-corrected chi connectivity index (χ4v) is 6.36. The molecule has 0 spiro atoms. The van der Waals surface area contributed by atoms with Gasteiger partial charge in [0, 0.05) is 19.5 Å². The molecular weight excluding hydrogens is 593 g/mol. The molecule has 0 aliphatic rings. The summed E-state index contributed by atoms with van der Waals surface area (Å²) in [5.74, 6) is -1.28. The van der Waals surface area contributed by atoms with E-state index in [1.54, 1.807) is 42.5 Å². The lowest BCUT2D eigenvalue weighted by molar-refractivity contribution is -0.140. The minimum absolute atomic E-state index is 0.0226. The van der Waals surface area contributed by atoms with E-state index >= 15 is 4.39 Å². The fraction of sp³-hybridized carbons (Fsp3) is 0.257. The Kier molecular flexibility index (Phi) is 11.7. The number of methoxy groups -OCH3 is 1. The Morgan fingerprint density at radius 2 is 1.51 bits per heavy atom. The van der Waals surface area contributed by atoms with Gasteiger partial charge < -0.3 is 15.0 Å². The first-order chi connectivity index (χ1) is 21.7. The number of para-hydroxylation sites is 1. The molecule has 4 aromatic carbocycles. The molecule has 10 heteroatoms. The van der Waals surface area contributed by atoms with Gasteiger partial charge in [0.2, 0.25) is 11.8 Å². The first kappa shape index (κ1) is 33.2. The first-order valence-electron chi connectivity index (χ1n) is 14.8. The summed E-state index contributed by atoms with van der Waals surface area (Å²) in [4.78, 5) is 29.5. The Bertz CT molecular complexity index is 1670. The van der Waals surface area contributed by atoms with E-state index < -0.39 is 34.3 Å². The van der Waals surface area contributed by atoms with E-state index in [2.05, 4.69) is 5.32 Å². The van der Waals surface area contributed by atoms with Crippen molar-refractivity contribution in [2.45, 2.75) is 43.7 Å². The van der Waals surface area contributed by atoms with Gasteiger partial charge in [0.25, 0.3) is 10.0 Å². The number of unbranched alkanes of at least 4 members (excludes halogenated alkanes) is 1. The molecule has 0 aliphatic heterocycles. The molecule has 45 heavy (non-hydrogen) atoms. The maximum atomic E-state index is 15.2. The van der Waals surface area contributed by atoms with E-state index in [9.17, 15) is 18.0 Å². The number of benzene rings is 4. The van der Waals surface area contributed by atoms with Crippen molar-refractivity contribution >= 4 is 27.5 Å². The van der Waals surface area contributed by atoms with Crippen molar-refractivity contribution in [1.82, 2.24) is 10.2 Å². The maximum absolute atomic E-state index is 15.2. The van der Waals surface area contributed by atoms with Gasteiger partial charge in [0.05, 0.1) is 17.7 Å². The lowest BCUT2D eigenvalue weighted by Gasteiger charge is -2.34. The molecule has 1 atom stereocenters. The number of rotatable bonds is 15. The van der Waals surface area contributed by atoms with Crippen LogP contribution >= 0.6 is 0 Å². The first-order valence-corrected chi connectivity index (χ1v) is 16.2. The second-order valence-electron chi connectivity index (χ2n) is 10.5. The number of hydrogen-bond acceptors (Lipinski definition) is 5. The predicted octanol–water partition coefficient (Wildman–Crippen LogP) is 5.59. The number of nitrogens with one attached hydrogen (secondary N) is 1. The second kappa shape index (κ2) is 15.9. The summed E-state index contributed by atoms with van der Waals surface area (Å²) >= 11 is 0. The molecule has 0 saturated carbocycles. The smallest absolute Gasteiger partial charge is 0.264 e. The van der Waals surface area contributed by atoms with Gasteiger partial charge in [-0.2, -0.15) is 0 Å². The molecule has 1 N–H and O–H groups in total. The predicted molar refractivity (Wildman–Crippen MR) is 173 cm³/mol. The van der Waals surface area contributed by atoms with E-state index in [-0.39, 0.29) is 29.5 Å². The van der Waals surface area contributed by atoms with Crippen molar-refractivity contribution in [3.8, 4) is 5.75 Å². The summed E-state index contributed by atoms with van der Waals surface area (Å²) in [6.07, 6.45) is 1.80. The van der Waals surface area contributed by atoms with Gasteiger partial charge in [-0.1, -0.05) is 86.1 Å². The number of carbonyl (C=O) groups excluding carboxylic acids is 2. The van der Waals surface area contributed by atoms with Gasteiger partial charge in [-0.25, -0.2) is 12.8 Å². The molecule has 0 aromatic heterocycles. The number of carbonyl (C=O) groups is 2. The van der Waals surface area contributed by atoms with Gasteiger partial charge in [0.1, 0.15) is 24.2 Å². The summed E-state index contributed by atoms with van der Waals surface area (Å²) in [6.45, 7) is 1.67. The number of nitrogens with zero attached hydrogens (tertiary/aromatic N) is 2. The molecule has 8 nitrogen and oxygen atoms in total. The van der Waals surface area contributed by atoms with Crippen LogP contribution in [0.25, 0.3) is 0 Å². The van der Waals surface area contributed by atoms with Crippen molar-refractivity contribution in [3.05, 3.63) is 126 Å². The lowest BCUT2D eigenvalue weighted by Crippen LogP contribution is -2.53. The molecule has 4 rings (SSSR count). The molecule has 2 amide bonds. The van der Waals surface area contributed by atoms with Crippen LogP contribution in [0, 0.1) is 5.82 Å². The highest BCUT2D eigenvalue weighted by molar-refractivity contribution is 7.92. The SMILES string of the molecule is CCCCNC(=O)C(Cc1ccccc1)N(Cc1cccc(OC)c1)C(=O)CN(c1ccccc1F)S(=O)(=O)c1ccccc1.